The van der Waals surface area contributed by atoms with Crippen molar-refractivity contribution in [2.24, 2.45) is 4.99 Å². The molecule has 7 nitrogen and oxygen atoms in total. The van der Waals surface area contributed by atoms with E-state index in [4.69, 9.17) is 9.98 Å². The molecule has 0 bridgehead atoms. The second-order valence-corrected chi connectivity index (χ2v) is 12.2. The van der Waals surface area contributed by atoms with Crippen LogP contribution >= 0.6 is 0 Å². The number of hydrogen-bond acceptors (Lipinski definition) is 7. The number of aliphatic imine (C=N–C) groups is 1. The predicted molar refractivity (Wildman–Crippen MR) is 172 cm³/mol. The van der Waals surface area contributed by atoms with Crippen LogP contribution in [0.3, 0.4) is 0 Å². The minimum atomic E-state index is 0.388. The zero-order valence-corrected chi connectivity index (χ0v) is 25.9. The van der Waals surface area contributed by atoms with Gasteiger partial charge in [-0.15, -0.1) is 0 Å². The van der Waals surface area contributed by atoms with Gasteiger partial charge in [0.05, 0.1) is 11.4 Å². The highest BCUT2D eigenvalue weighted by molar-refractivity contribution is 5.95. The molecular formula is C34H47N7. The van der Waals surface area contributed by atoms with Crippen molar-refractivity contribution in [1.29, 1.82) is 0 Å². The standard InChI is InChI=1S/C34H47N7/c1-25-8-12-32(40-18-15-38(6)16-19-40)22-34(36-25)41-24-31-21-29(10-9-28(31)20-26(41)2)30-11-13-33(35-23-30)27(3)39(7)17-14-37(4)5/h8-11,13,21-23,26H,3,12,14-20,24H2,1-2,4-7H3. The number of pyridine rings is 1. The normalized spacial score (nSPS) is 19.8. The van der Waals surface area contributed by atoms with Crippen LogP contribution in [0.2, 0.25) is 0 Å². The smallest absolute Gasteiger partial charge is 0.131 e. The first-order chi connectivity index (χ1) is 19.7. The number of aromatic nitrogens is 1. The molecule has 3 aliphatic rings. The Bertz CT molecular complexity index is 1330. The highest BCUT2D eigenvalue weighted by atomic mass is 15.3. The molecule has 0 spiro atoms. The van der Waals surface area contributed by atoms with Crippen LogP contribution in [0.1, 0.15) is 37.1 Å². The first-order valence-electron chi connectivity index (χ1n) is 15.0. The summed E-state index contributed by atoms with van der Waals surface area (Å²) in [7, 11) is 8.47. The first kappa shape index (κ1) is 29.1. The zero-order chi connectivity index (χ0) is 29.1. The van der Waals surface area contributed by atoms with Gasteiger partial charge in [-0.1, -0.05) is 30.9 Å². The van der Waals surface area contributed by atoms with E-state index in [2.05, 4.69) is 116 Å². The van der Waals surface area contributed by atoms with Crippen molar-refractivity contribution >= 4 is 11.5 Å². The lowest BCUT2D eigenvalue weighted by Gasteiger charge is -2.38. The monoisotopic (exact) mass is 553 g/mol. The van der Waals surface area contributed by atoms with Gasteiger partial charge in [0.2, 0.25) is 0 Å². The Morgan fingerprint density at radius 3 is 2.46 bits per heavy atom. The number of likely N-dealkylation sites (N-methyl/N-ethyl adjacent to an activating group) is 3. The molecule has 1 aromatic heterocycles. The highest BCUT2D eigenvalue weighted by Crippen LogP contribution is 2.30. The van der Waals surface area contributed by atoms with Gasteiger partial charge in [0.1, 0.15) is 5.84 Å². The summed E-state index contributed by atoms with van der Waals surface area (Å²) >= 11 is 0. The van der Waals surface area contributed by atoms with Crippen LogP contribution in [0.5, 0.6) is 0 Å². The summed E-state index contributed by atoms with van der Waals surface area (Å²) < 4.78 is 0. The lowest BCUT2D eigenvalue weighted by atomic mass is 9.91. The van der Waals surface area contributed by atoms with Crippen molar-refractivity contribution in [3.8, 4) is 11.1 Å². The van der Waals surface area contributed by atoms with Crippen molar-refractivity contribution < 1.29 is 0 Å². The molecular weight excluding hydrogens is 506 g/mol. The van der Waals surface area contributed by atoms with Crippen molar-refractivity contribution in [2.45, 2.75) is 39.3 Å². The molecule has 3 aliphatic heterocycles. The van der Waals surface area contributed by atoms with Crippen LogP contribution in [0, 0.1) is 0 Å². The fourth-order valence-corrected chi connectivity index (χ4v) is 5.82. The van der Waals surface area contributed by atoms with Gasteiger partial charge in [0.25, 0.3) is 0 Å². The zero-order valence-electron chi connectivity index (χ0n) is 25.9. The Balaban J connectivity index is 1.34. The predicted octanol–water partition coefficient (Wildman–Crippen LogP) is 4.80. The molecule has 1 atom stereocenters. The highest BCUT2D eigenvalue weighted by Gasteiger charge is 2.27. The third-order valence-electron chi connectivity index (χ3n) is 8.73. The van der Waals surface area contributed by atoms with Crippen LogP contribution in [0.15, 0.2) is 71.6 Å². The Hall–Kier alpha value is -3.42. The van der Waals surface area contributed by atoms with Gasteiger partial charge >= 0.3 is 0 Å². The SMILES string of the molecule is C=C(c1ccc(-c2ccc3c(c2)CN(C2=NC(C)=CCC(N4CCN(C)CC4)=C2)C(C)C3)cn1)N(C)CCN(C)C. The molecule has 2 aromatic rings. The maximum atomic E-state index is 5.09. The number of amidine groups is 1. The molecule has 0 radical (unpaired) electrons. The number of piperazine rings is 1. The third-order valence-corrected chi connectivity index (χ3v) is 8.73. The molecule has 5 rings (SSSR count). The topological polar surface area (TPSA) is 41.5 Å². The van der Waals surface area contributed by atoms with Crippen molar-refractivity contribution in [3.63, 3.8) is 0 Å². The molecule has 0 N–H and O–H groups in total. The van der Waals surface area contributed by atoms with Crippen LogP contribution in [0.4, 0.5) is 0 Å². The maximum Gasteiger partial charge on any atom is 0.131 e. The van der Waals surface area contributed by atoms with Gasteiger partial charge in [0.15, 0.2) is 0 Å². The summed E-state index contributed by atoms with van der Waals surface area (Å²) in [4.78, 5) is 21.7. The molecule has 0 aliphatic carbocycles. The number of nitrogens with zero attached hydrogens (tertiary/aromatic N) is 7. The molecule has 7 heteroatoms. The summed E-state index contributed by atoms with van der Waals surface area (Å²) in [6.07, 6.45) is 8.59. The van der Waals surface area contributed by atoms with E-state index in [1.165, 1.54) is 22.4 Å². The van der Waals surface area contributed by atoms with Crippen LogP contribution in [-0.2, 0) is 13.0 Å². The van der Waals surface area contributed by atoms with Gasteiger partial charge in [-0.05, 0) is 70.2 Å². The van der Waals surface area contributed by atoms with E-state index in [9.17, 15) is 0 Å². The van der Waals surface area contributed by atoms with E-state index in [1.807, 2.05) is 6.20 Å². The van der Waals surface area contributed by atoms with Crippen molar-refractivity contribution in [2.75, 3.05) is 67.5 Å². The molecule has 1 saturated heterocycles. The summed E-state index contributed by atoms with van der Waals surface area (Å²) in [5.41, 5.74) is 9.51. The third kappa shape index (κ3) is 6.91. The summed E-state index contributed by atoms with van der Waals surface area (Å²) in [6.45, 7) is 15.9. The number of hydrogen-bond donors (Lipinski definition) is 0. The van der Waals surface area contributed by atoms with E-state index in [0.29, 0.717) is 6.04 Å². The molecule has 0 amide bonds. The number of allylic oxidation sites excluding steroid dienone is 2. The largest absolute Gasteiger partial charge is 0.372 e. The Morgan fingerprint density at radius 2 is 1.76 bits per heavy atom. The fraction of sp³-hybridized carbons (Fsp3) is 0.471. The number of fused-ring (bicyclic) bond motifs is 1. The summed E-state index contributed by atoms with van der Waals surface area (Å²) in [5.74, 6) is 1.09. The maximum absolute atomic E-state index is 5.09. The van der Waals surface area contributed by atoms with Crippen molar-refractivity contribution in [1.82, 2.24) is 29.5 Å². The van der Waals surface area contributed by atoms with Gasteiger partial charge < -0.3 is 24.5 Å². The molecule has 0 saturated carbocycles. The van der Waals surface area contributed by atoms with Crippen LogP contribution in [0.25, 0.3) is 16.8 Å². The first-order valence-corrected chi connectivity index (χ1v) is 15.0. The molecule has 1 unspecified atom stereocenters. The Morgan fingerprint density at radius 1 is 1.00 bits per heavy atom. The second-order valence-electron chi connectivity index (χ2n) is 12.2. The average molecular weight is 554 g/mol. The van der Waals surface area contributed by atoms with Crippen LogP contribution < -0.4 is 0 Å². The second kappa shape index (κ2) is 12.6. The minimum absolute atomic E-state index is 0.388. The van der Waals surface area contributed by atoms with E-state index >= 15 is 0 Å². The number of benzene rings is 1. The van der Waals surface area contributed by atoms with E-state index in [-0.39, 0.29) is 0 Å². The lowest BCUT2D eigenvalue weighted by Crippen LogP contribution is -2.45. The molecule has 218 valence electrons. The molecule has 1 aromatic carbocycles. The Kier molecular flexibility index (Phi) is 8.95. The van der Waals surface area contributed by atoms with Gasteiger partial charge in [-0.25, -0.2) is 4.99 Å². The minimum Gasteiger partial charge on any atom is -0.372 e. The summed E-state index contributed by atoms with van der Waals surface area (Å²) in [5, 5.41) is 0. The van der Waals surface area contributed by atoms with E-state index in [0.717, 1.165) is 87.1 Å². The fourth-order valence-electron chi connectivity index (χ4n) is 5.82. The quantitative estimate of drug-likeness (QED) is 0.491. The summed E-state index contributed by atoms with van der Waals surface area (Å²) in [6, 6.07) is 11.6. The number of rotatable bonds is 7. The van der Waals surface area contributed by atoms with Gasteiger partial charge in [-0.3, -0.25) is 4.98 Å². The van der Waals surface area contributed by atoms with Crippen molar-refractivity contribution in [3.05, 3.63) is 83.5 Å². The average Bonchev–Trinajstić information content (AvgIpc) is 3.16. The van der Waals surface area contributed by atoms with Gasteiger partial charge in [0, 0.05) is 94.6 Å². The molecule has 4 heterocycles. The van der Waals surface area contributed by atoms with Crippen LogP contribution in [-0.4, -0.2) is 109 Å². The van der Waals surface area contributed by atoms with E-state index in [1.54, 1.807) is 0 Å². The lowest BCUT2D eigenvalue weighted by molar-refractivity contribution is 0.184. The molecule has 1 fully saturated rings. The van der Waals surface area contributed by atoms with E-state index < -0.39 is 0 Å². The molecule has 41 heavy (non-hydrogen) atoms. The van der Waals surface area contributed by atoms with Gasteiger partial charge in [-0.2, -0.15) is 0 Å². The Labute approximate surface area is 247 Å².